The third kappa shape index (κ3) is 2.59. The molecule has 1 fully saturated rings. The average Bonchev–Trinajstić information content (AvgIpc) is 2.98. The van der Waals surface area contributed by atoms with Crippen molar-refractivity contribution in [2.45, 2.75) is 20.4 Å². The van der Waals surface area contributed by atoms with Gasteiger partial charge in [-0.3, -0.25) is 4.79 Å². The second-order valence-corrected chi connectivity index (χ2v) is 5.92. The van der Waals surface area contributed by atoms with Crippen LogP contribution in [-0.4, -0.2) is 39.7 Å². The average molecular weight is 301 g/mol. The van der Waals surface area contributed by atoms with Crippen LogP contribution in [0.25, 0.3) is 11.4 Å². The first-order valence-electron chi connectivity index (χ1n) is 7.30. The Morgan fingerprint density at radius 1 is 1.36 bits per heavy atom. The van der Waals surface area contributed by atoms with E-state index in [4.69, 9.17) is 4.74 Å². The van der Waals surface area contributed by atoms with Gasteiger partial charge < -0.3 is 10.1 Å². The maximum Gasteiger partial charge on any atom is 0.231 e. The lowest BCUT2D eigenvalue weighted by Crippen LogP contribution is -2.57. The summed E-state index contributed by atoms with van der Waals surface area (Å²) in [5.74, 6) is 0.888. The molecule has 1 aliphatic heterocycles. The number of hydrogen-bond acceptors (Lipinski definition) is 5. The summed E-state index contributed by atoms with van der Waals surface area (Å²) in [5, 5.41) is 16.8. The molecule has 22 heavy (non-hydrogen) atoms. The van der Waals surface area contributed by atoms with Gasteiger partial charge in [-0.25, -0.2) is 0 Å². The first kappa shape index (κ1) is 14.6. The van der Waals surface area contributed by atoms with Gasteiger partial charge in [-0.2, -0.15) is 5.21 Å². The lowest BCUT2D eigenvalue weighted by Gasteiger charge is -2.43. The summed E-state index contributed by atoms with van der Waals surface area (Å²) in [6.45, 7) is 5.63. The van der Waals surface area contributed by atoms with Gasteiger partial charge in [-0.05, 0) is 16.7 Å². The normalized spacial score (nSPS) is 16.3. The van der Waals surface area contributed by atoms with E-state index < -0.39 is 0 Å². The predicted octanol–water partition coefficient (Wildman–Crippen LogP) is 1.16. The number of nitrogens with one attached hydrogen (secondary N) is 2. The Balaban J connectivity index is 1.61. The summed E-state index contributed by atoms with van der Waals surface area (Å²) >= 11 is 0. The summed E-state index contributed by atoms with van der Waals surface area (Å²) in [6, 6.07) is 7.73. The number of hydrogen-bond donors (Lipinski definition) is 2. The minimum atomic E-state index is -0.370. The molecule has 1 aromatic carbocycles. The molecule has 1 aliphatic rings. The van der Waals surface area contributed by atoms with Gasteiger partial charge in [0, 0.05) is 12.1 Å². The molecule has 1 amide bonds. The van der Waals surface area contributed by atoms with E-state index in [1.807, 2.05) is 24.3 Å². The monoisotopic (exact) mass is 301 g/mol. The zero-order chi connectivity index (χ0) is 15.6. The highest BCUT2D eigenvalue weighted by molar-refractivity contribution is 5.84. The number of amides is 1. The van der Waals surface area contributed by atoms with E-state index >= 15 is 0 Å². The minimum Gasteiger partial charge on any atom is -0.379 e. The van der Waals surface area contributed by atoms with Crippen molar-refractivity contribution in [3.63, 3.8) is 0 Å². The number of carbonyl (C=O) groups is 1. The summed E-state index contributed by atoms with van der Waals surface area (Å²) in [7, 11) is 0. The van der Waals surface area contributed by atoms with E-state index in [9.17, 15) is 4.79 Å². The van der Waals surface area contributed by atoms with Crippen LogP contribution in [0.1, 0.15) is 19.4 Å². The van der Waals surface area contributed by atoms with Crippen molar-refractivity contribution < 1.29 is 9.53 Å². The highest BCUT2D eigenvalue weighted by atomic mass is 16.5. The van der Waals surface area contributed by atoms with Gasteiger partial charge in [0.05, 0.1) is 18.6 Å². The van der Waals surface area contributed by atoms with Crippen LogP contribution in [0.3, 0.4) is 0 Å². The molecule has 0 spiro atoms. The smallest absolute Gasteiger partial charge is 0.231 e. The second kappa shape index (κ2) is 5.84. The number of tetrazole rings is 1. The molecular formula is C15H19N5O2. The molecule has 2 N–H and O–H groups in total. The Hall–Kier alpha value is -2.28. The van der Waals surface area contributed by atoms with E-state index in [1.54, 1.807) is 0 Å². The number of benzene rings is 1. The fourth-order valence-corrected chi connectivity index (χ4v) is 2.46. The van der Waals surface area contributed by atoms with Gasteiger partial charge in [0.1, 0.15) is 0 Å². The molecule has 116 valence electrons. The number of nitrogens with zero attached hydrogens (tertiary/aromatic N) is 3. The van der Waals surface area contributed by atoms with Crippen molar-refractivity contribution in [3.8, 4) is 11.4 Å². The summed E-state index contributed by atoms with van der Waals surface area (Å²) in [5.41, 5.74) is 1.54. The van der Waals surface area contributed by atoms with Crippen LogP contribution < -0.4 is 5.32 Å². The molecule has 7 nitrogen and oxygen atoms in total. The highest BCUT2D eigenvalue weighted by Crippen LogP contribution is 2.35. The molecule has 1 saturated heterocycles. The Bertz CT molecular complexity index is 632. The first-order chi connectivity index (χ1) is 10.6. The fourth-order valence-electron chi connectivity index (χ4n) is 2.46. The Morgan fingerprint density at radius 3 is 2.59 bits per heavy atom. The summed E-state index contributed by atoms with van der Waals surface area (Å²) in [4.78, 5) is 12.4. The summed E-state index contributed by atoms with van der Waals surface area (Å²) < 4.78 is 5.25. The topological polar surface area (TPSA) is 92.8 Å². The molecule has 1 aromatic heterocycles. The third-order valence-corrected chi connectivity index (χ3v) is 4.29. The largest absolute Gasteiger partial charge is 0.379 e. The van der Waals surface area contributed by atoms with Crippen LogP contribution in [-0.2, 0) is 16.1 Å². The zero-order valence-corrected chi connectivity index (χ0v) is 12.7. The van der Waals surface area contributed by atoms with E-state index in [0.29, 0.717) is 25.6 Å². The number of aromatic nitrogens is 4. The standard InChI is InChI=1S/C15H19N5O2/c1-10(2)15(8-22-9-15)14(21)16-7-11-3-5-12(6-4-11)13-17-19-20-18-13/h3-6,10H,7-9H2,1-2H3,(H,16,21)(H,17,18,19,20). The number of aromatic amines is 1. The van der Waals surface area contributed by atoms with E-state index in [2.05, 4.69) is 39.8 Å². The Labute approximate surface area is 128 Å². The fraction of sp³-hybridized carbons (Fsp3) is 0.467. The van der Waals surface area contributed by atoms with E-state index in [1.165, 1.54) is 0 Å². The zero-order valence-electron chi connectivity index (χ0n) is 12.7. The van der Waals surface area contributed by atoms with Crippen molar-refractivity contribution >= 4 is 5.91 Å². The lowest BCUT2D eigenvalue weighted by molar-refractivity contribution is -0.171. The van der Waals surface area contributed by atoms with Crippen LogP contribution in [0.5, 0.6) is 0 Å². The van der Waals surface area contributed by atoms with Crippen LogP contribution >= 0.6 is 0 Å². The second-order valence-electron chi connectivity index (χ2n) is 5.92. The quantitative estimate of drug-likeness (QED) is 0.864. The molecular weight excluding hydrogens is 282 g/mol. The number of carbonyl (C=O) groups excluding carboxylic acids is 1. The van der Waals surface area contributed by atoms with Gasteiger partial charge in [0.25, 0.3) is 0 Å². The van der Waals surface area contributed by atoms with Crippen LogP contribution in [0, 0.1) is 11.3 Å². The van der Waals surface area contributed by atoms with Gasteiger partial charge in [0.15, 0.2) is 0 Å². The Kier molecular flexibility index (Phi) is 3.89. The molecule has 7 heteroatoms. The maximum absolute atomic E-state index is 12.4. The lowest BCUT2D eigenvalue weighted by atomic mass is 9.74. The molecule has 2 aromatic rings. The number of H-pyrrole nitrogens is 1. The van der Waals surface area contributed by atoms with Crippen LogP contribution in [0.2, 0.25) is 0 Å². The van der Waals surface area contributed by atoms with Crippen molar-refractivity contribution in [1.82, 2.24) is 25.9 Å². The highest BCUT2D eigenvalue weighted by Gasteiger charge is 2.48. The van der Waals surface area contributed by atoms with Gasteiger partial charge in [-0.1, -0.05) is 38.1 Å². The van der Waals surface area contributed by atoms with Gasteiger partial charge in [0.2, 0.25) is 11.7 Å². The molecule has 0 atom stereocenters. The van der Waals surface area contributed by atoms with Crippen molar-refractivity contribution in [1.29, 1.82) is 0 Å². The maximum atomic E-state index is 12.4. The molecule has 0 bridgehead atoms. The minimum absolute atomic E-state index is 0.0657. The Morgan fingerprint density at radius 2 is 2.09 bits per heavy atom. The summed E-state index contributed by atoms with van der Waals surface area (Å²) in [6.07, 6.45) is 0. The third-order valence-electron chi connectivity index (χ3n) is 4.29. The molecule has 0 saturated carbocycles. The van der Waals surface area contributed by atoms with E-state index in [-0.39, 0.29) is 17.2 Å². The SMILES string of the molecule is CC(C)C1(C(=O)NCc2ccc(-c3nn[nH]n3)cc2)COC1. The molecule has 0 aliphatic carbocycles. The molecule has 3 rings (SSSR count). The number of ether oxygens (including phenoxy) is 1. The van der Waals surface area contributed by atoms with Crippen molar-refractivity contribution in [2.75, 3.05) is 13.2 Å². The first-order valence-corrected chi connectivity index (χ1v) is 7.30. The van der Waals surface area contributed by atoms with Crippen molar-refractivity contribution in [3.05, 3.63) is 29.8 Å². The van der Waals surface area contributed by atoms with Gasteiger partial charge in [-0.15, -0.1) is 10.2 Å². The number of rotatable bonds is 5. The molecule has 0 unspecified atom stereocenters. The predicted molar refractivity (Wildman–Crippen MR) is 79.6 cm³/mol. The van der Waals surface area contributed by atoms with Gasteiger partial charge >= 0.3 is 0 Å². The van der Waals surface area contributed by atoms with Crippen molar-refractivity contribution in [2.24, 2.45) is 11.3 Å². The van der Waals surface area contributed by atoms with E-state index in [0.717, 1.165) is 11.1 Å². The molecule has 0 radical (unpaired) electrons. The van der Waals surface area contributed by atoms with Crippen LogP contribution in [0.4, 0.5) is 0 Å². The molecule has 2 heterocycles. The van der Waals surface area contributed by atoms with Crippen LogP contribution in [0.15, 0.2) is 24.3 Å².